The van der Waals surface area contributed by atoms with Crippen LogP contribution in [0.5, 0.6) is 0 Å². The topological polar surface area (TPSA) is 103 Å². The van der Waals surface area contributed by atoms with Crippen LogP contribution in [0.25, 0.3) is 22.4 Å². The van der Waals surface area contributed by atoms with Crippen LogP contribution in [0, 0.1) is 0 Å². The van der Waals surface area contributed by atoms with Gasteiger partial charge in [0.05, 0.1) is 27.6 Å². The van der Waals surface area contributed by atoms with E-state index in [0.717, 1.165) is 37.9 Å². The van der Waals surface area contributed by atoms with Gasteiger partial charge >= 0.3 is 6.18 Å². The number of fused-ring (bicyclic) bond motifs is 1. The molecule has 3 aromatic heterocycles. The highest BCUT2D eigenvalue weighted by atomic mass is 35.5. The molecule has 166 valence electrons. The van der Waals surface area contributed by atoms with Crippen molar-refractivity contribution in [1.82, 2.24) is 19.3 Å². The van der Waals surface area contributed by atoms with Crippen molar-refractivity contribution in [2.75, 3.05) is 5.73 Å². The number of alkyl halides is 3. The molecule has 0 aliphatic heterocycles. The zero-order valence-electron chi connectivity index (χ0n) is 16.3. The van der Waals surface area contributed by atoms with Gasteiger partial charge in [-0.05, 0) is 44.4 Å². The number of nitrogen functional groups attached to an aromatic ring is 1. The summed E-state index contributed by atoms with van der Waals surface area (Å²) in [4.78, 5) is 8.15. The van der Waals surface area contributed by atoms with Crippen LogP contribution < -0.4 is 10.5 Å². The maximum Gasteiger partial charge on any atom is 0.404 e. The van der Waals surface area contributed by atoms with Gasteiger partial charge in [0.1, 0.15) is 16.5 Å². The molecule has 1 aliphatic rings. The highest BCUT2D eigenvalue weighted by Crippen LogP contribution is 2.43. The van der Waals surface area contributed by atoms with E-state index in [2.05, 4.69) is 9.97 Å². The zero-order valence-corrected chi connectivity index (χ0v) is 17.9. The number of anilines is 1. The third kappa shape index (κ3) is 3.97. The molecule has 1 aliphatic carbocycles. The maximum absolute atomic E-state index is 12.7. The Balaban J connectivity index is 1.75. The van der Waals surface area contributed by atoms with E-state index >= 15 is 0 Å². The Bertz CT molecular complexity index is 1240. The molecule has 1 saturated carbocycles. The molecule has 7 nitrogen and oxygen atoms in total. The molecule has 4 rings (SSSR count). The fraction of sp³-hybridized carbons (Fsp3) is 0.368. The number of nitrogens with two attached hydrogens (primary N) is 1. The number of hydrogen-bond acceptors (Lipinski definition) is 5. The highest BCUT2D eigenvalue weighted by molar-refractivity contribution is 7.89. The fourth-order valence-corrected chi connectivity index (χ4v) is 4.84. The maximum atomic E-state index is 12.7. The standard InChI is InChI=1S/C19H19ClF3N5O2S/c1-10(19(21,22)23)27-31(29,30)13-5-6-14(25-9-13)18-16(24)17-15(7-11(20)8-26-17)28(18)12-3-2-4-12/h5-10,12,27H,2-4,24H2,1H3/t10-/m0/s1. The number of hydrogen-bond donors (Lipinski definition) is 2. The molecule has 0 radical (unpaired) electrons. The lowest BCUT2D eigenvalue weighted by molar-refractivity contribution is -0.147. The molecule has 0 aromatic carbocycles. The fourth-order valence-electron chi connectivity index (χ4n) is 3.51. The van der Waals surface area contributed by atoms with Gasteiger partial charge in [-0.15, -0.1) is 0 Å². The molecular weight excluding hydrogens is 455 g/mol. The molecule has 0 amide bonds. The summed E-state index contributed by atoms with van der Waals surface area (Å²) in [5, 5.41) is 0.455. The number of aromatic nitrogens is 3. The number of sulfonamides is 1. The van der Waals surface area contributed by atoms with E-state index in [4.69, 9.17) is 17.3 Å². The van der Waals surface area contributed by atoms with Crippen molar-refractivity contribution in [3.8, 4) is 11.4 Å². The Kier molecular flexibility index (Phi) is 5.39. The molecule has 0 bridgehead atoms. The minimum absolute atomic E-state index is 0.176. The van der Waals surface area contributed by atoms with Gasteiger partial charge in [-0.25, -0.2) is 8.42 Å². The molecule has 0 unspecified atom stereocenters. The predicted octanol–water partition coefficient (Wildman–Crippen LogP) is 4.29. The smallest absolute Gasteiger partial charge is 0.395 e. The van der Waals surface area contributed by atoms with Crippen molar-refractivity contribution < 1.29 is 21.6 Å². The molecule has 3 N–H and O–H groups in total. The first-order valence-corrected chi connectivity index (χ1v) is 11.4. The summed E-state index contributed by atoms with van der Waals surface area (Å²) in [6.45, 7) is 0.731. The second kappa shape index (κ2) is 7.64. The normalized spacial score (nSPS) is 16.4. The number of halogens is 4. The van der Waals surface area contributed by atoms with Gasteiger partial charge in [0.2, 0.25) is 10.0 Å². The molecule has 3 aromatic rings. The average molecular weight is 474 g/mol. The largest absolute Gasteiger partial charge is 0.404 e. The third-order valence-corrected chi connectivity index (χ3v) is 7.13. The Morgan fingerprint density at radius 3 is 2.52 bits per heavy atom. The first-order chi connectivity index (χ1) is 14.5. The summed E-state index contributed by atoms with van der Waals surface area (Å²) in [5.74, 6) is 0. The Morgan fingerprint density at radius 1 is 1.26 bits per heavy atom. The summed E-state index contributed by atoms with van der Waals surface area (Å²) in [7, 11) is -4.40. The second-order valence-corrected chi connectivity index (χ2v) is 9.65. The van der Waals surface area contributed by atoms with Crippen molar-refractivity contribution in [1.29, 1.82) is 0 Å². The number of nitrogens with zero attached hydrogens (tertiary/aromatic N) is 3. The quantitative estimate of drug-likeness (QED) is 0.575. The summed E-state index contributed by atoms with van der Waals surface area (Å²) in [6.07, 6.45) is 0.746. The lowest BCUT2D eigenvalue weighted by Gasteiger charge is -2.30. The molecule has 1 atom stereocenters. The minimum atomic E-state index is -4.70. The summed E-state index contributed by atoms with van der Waals surface area (Å²) < 4.78 is 66.5. The Hall–Kier alpha value is -2.37. The van der Waals surface area contributed by atoms with Crippen molar-refractivity contribution in [2.45, 2.75) is 49.3 Å². The van der Waals surface area contributed by atoms with Crippen LogP contribution in [0.15, 0.2) is 35.5 Å². The van der Waals surface area contributed by atoms with Crippen LogP contribution in [0.4, 0.5) is 18.9 Å². The molecular formula is C19H19ClF3N5O2S. The predicted molar refractivity (Wildman–Crippen MR) is 111 cm³/mol. The molecule has 31 heavy (non-hydrogen) atoms. The van der Waals surface area contributed by atoms with Crippen LogP contribution in [-0.2, 0) is 10.0 Å². The summed E-state index contributed by atoms with van der Waals surface area (Å²) >= 11 is 6.12. The summed E-state index contributed by atoms with van der Waals surface area (Å²) in [5.41, 5.74) is 9.02. The average Bonchev–Trinajstić information content (AvgIpc) is 2.91. The van der Waals surface area contributed by atoms with Crippen molar-refractivity contribution >= 4 is 38.3 Å². The number of nitrogens with one attached hydrogen (secondary N) is 1. The second-order valence-electron chi connectivity index (χ2n) is 7.50. The lowest BCUT2D eigenvalue weighted by Crippen LogP contribution is -2.42. The van der Waals surface area contributed by atoms with E-state index in [1.807, 2.05) is 4.57 Å². The van der Waals surface area contributed by atoms with E-state index in [-0.39, 0.29) is 10.9 Å². The van der Waals surface area contributed by atoms with Crippen LogP contribution in [0.1, 0.15) is 32.2 Å². The van der Waals surface area contributed by atoms with E-state index in [9.17, 15) is 21.6 Å². The molecule has 0 saturated heterocycles. The van der Waals surface area contributed by atoms with Gasteiger partial charge in [-0.2, -0.15) is 17.9 Å². The van der Waals surface area contributed by atoms with E-state index in [0.29, 0.717) is 27.6 Å². The molecule has 3 heterocycles. The number of pyridine rings is 2. The van der Waals surface area contributed by atoms with Crippen LogP contribution in [-0.4, -0.2) is 35.2 Å². The first-order valence-electron chi connectivity index (χ1n) is 9.49. The highest BCUT2D eigenvalue weighted by Gasteiger charge is 2.39. The third-order valence-electron chi connectivity index (χ3n) is 5.40. The van der Waals surface area contributed by atoms with Gasteiger partial charge in [0, 0.05) is 18.4 Å². The van der Waals surface area contributed by atoms with Gasteiger partial charge < -0.3 is 10.3 Å². The molecule has 12 heteroatoms. The van der Waals surface area contributed by atoms with Crippen LogP contribution in [0.2, 0.25) is 5.02 Å². The van der Waals surface area contributed by atoms with Crippen molar-refractivity contribution in [3.05, 3.63) is 35.6 Å². The SMILES string of the molecule is C[C@H](NS(=O)(=O)c1ccc(-c2c(N)c3ncc(Cl)cc3n2C2CCC2)nc1)C(F)(F)F. The number of rotatable bonds is 5. The summed E-state index contributed by atoms with van der Waals surface area (Å²) in [6, 6.07) is 2.34. The van der Waals surface area contributed by atoms with Crippen LogP contribution >= 0.6 is 11.6 Å². The van der Waals surface area contributed by atoms with Crippen LogP contribution in [0.3, 0.4) is 0 Å². The first kappa shape index (κ1) is 21.8. The van der Waals surface area contributed by atoms with E-state index in [1.165, 1.54) is 18.3 Å². The molecule has 0 spiro atoms. The van der Waals surface area contributed by atoms with E-state index in [1.54, 1.807) is 10.8 Å². The van der Waals surface area contributed by atoms with Gasteiger partial charge in [-0.1, -0.05) is 11.6 Å². The van der Waals surface area contributed by atoms with Gasteiger partial charge in [0.25, 0.3) is 0 Å². The minimum Gasteiger partial charge on any atom is -0.395 e. The lowest BCUT2D eigenvalue weighted by atomic mass is 9.92. The van der Waals surface area contributed by atoms with Gasteiger partial charge in [-0.3, -0.25) is 9.97 Å². The zero-order chi connectivity index (χ0) is 22.6. The molecule has 1 fully saturated rings. The van der Waals surface area contributed by atoms with Crippen molar-refractivity contribution in [3.63, 3.8) is 0 Å². The monoisotopic (exact) mass is 473 g/mol. The Labute approximate surface area is 181 Å². The van der Waals surface area contributed by atoms with E-state index < -0.39 is 22.2 Å². The van der Waals surface area contributed by atoms with Crippen molar-refractivity contribution in [2.24, 2.45) is 0 Å². The Morgan fingerprint density at radius 2 is 1.97 bits per heavy atom. The van der Waals surface area contributed by atoms with Gasteiger partial charge in [0.15, 0.2) is 0 Å².